The van der Waals surface area contributed by atoms with Crippen molar-refractivity contribution >= 4 is 5.97 Å². The zero-order chi connectivity index (χ0) is 4.28. The van der Waals surface area contributed by atoms with E-state index in [-0.39, 0.29) is 6.42 Å². The van der Waals surface area contributed by atoms with Gasteiger partial charge < -0.3 is 5.11 Å². The van der Waals surface area contributed by atoms with E-state index in [1.165, 1.54) is 0 Å². The Kier molecular flexibility index (Phi) is 1.57. The summed E-state index contributed by atoms with van der Waals surface area (Å²) in [6.07, 6.45) is 0.222. The van der Waals surface area contributed by atoms with Crippen LogP contribution >= 0.6 is 0 Å². The lowest BCUT2D eigenvalue weighted by Gasteiger charge is -1.71. The molecule has 2 heteroatoms. The van der Waals surface area contributed by atoms with Crippen molar-refractivity contribution in [2.24, 2.45) is 0 Å². The molecule has 0 aliphatic carbocycles. The number of hydrogen-bond donors (Lipinski definition) is 1. The molecule has 0 saturated heterocycles. The Bertz CT molecular complexity index is 40.2. The van der Waals surface area contributed by atoms with Gasteiger partial charge in [-0.2, -0.15) is 0 Å². The van der Waals surface area contributed by atoms with Gasteiger partial charge in [-0.15, -0.1) is 0 Å². The first-order valence-corrected chi connectivity index (χ1v) is 1.49. The molecule has 0 amide bonds. The smallest absolute Gasteiger partial charge is 0.303 e. The molecule has 30 valence electrons. The van der Waals surface area contributed by atoms with Crippen LogP contribution in [-0.2, 0) is 4.79 Å². The Balaban J connectivity index is 2.85. The summed E-state index contributed by atoms with van der Waals surface area (Å²) in [6, 6.07) is 0. The van der Waals surface area contributed by atoms with Gasteiger partial charge in [0, 0.05) is 6.42 Å². The van der Waals surface area contributed by atoms with E-state index in [4.69, 9.17) is 5.11 Å². The van der Waals surface area contributed by atoms with Gasteiger partial charge in [-0.1, -0.05) is 6.92 Å². The highest BCUT2D eigenvalue weighted by molar-refractivity contribution is 5.66. The van der Waals surface area contributed by atoms with Crippen LogP contribution in [0.5, 0.6) is 0 Å². The zero-order valence-corrected chi connectivity index (χ0v) is 3.06. The maximum absolute atomic E-state index is 9.37. The first kappa shape index (κ1) is 4.47. The van der Waals surface area contributed by atoms with E-state index in [0.717, 1.165) is 0 Å². The summed E-state index contributed by atoms with van der Waals surface area (Å²) in [5.41, 5.74) is 0. The summed E-state index contributed by atoms with van der Waals surface area (Å²) in [7, 11) is 0. The molecule has 0 rings (SSSR count). The molecular weight excluding hydrogens is 70.0 g/mol. The Morgan fingerprint density at radius 3 is 2.20 bits per heavy atom. The maximum atomic E-state index is 9.37. The monoisotopic (exact) mass is 76.0 g/mol. The van der Waals surface area contributed by atoms with E-state index in [9.17, 15) is 4.79 Å². The molecule has 0 aromatic heterocycles. The van der Waals surface area contributed by atoms with Crippen molar-refractivity contribution in [1.82, 2.24) is 0 Å². The van der Waals surface area contributed by atoms with Crippen LogP contribution < -0.4 is 0 Å². The van der Waals surface area contributed by atoms with Crippen LogP contribution in [0.15, 0.2) is 0 Å². The molecule has 0 aliphatic heterocycles. The van der Waals surface area contributed by atoms with Crippen LogP contribution in [-0.4, -0.2) is 11.1 Å². The summed E-state index contributed by atoms with van der Waals surface area (Å²) in [5, 5.41) is 7.72. The van der Waals surface area contributed by atoms with Gasteiger partial charge in [0.25, 0.3) is 0 Å². The topological polar surface area (TPSA) is 37.3 Å². The van der Waals surface area contributed by atoms with E-state index >= 15 is 0 Å². The van der Waals surface area contributed by atoms with Gasteiger partial charge in [0.1, 0.15) is 0 Å². The molecule has 0 unspecified atom stereocenters. The van der Waals surface area contributed by atoms with Crippen molar-refractivity contribution in [2.75, 3.05) is 0 Å². The van der Waals surface area contributed by atoms with E-state index in [1.54, 1.807) is 6.92 Å². The van der Waals surface area contributed by atoms with Crippen molar-refractivity contribution in [3.05, 3.63) is 0 Å². The second-order valence-corrected chi connectivity index (χ2v) is 0.747. The molecule has 0 bridgehead atoms. The molecule has 0 saturated carbocycles. The molecule has 1 N–H and O–H groups in total. The van der Waals surface area contributed by atoms with Crippen LogP contribution in [0.2, 0.25) is 0 Å². The molecule has 0 fully saturated rings. The molecule has 0 spiro atoms. The highest BCUT2D eigenvalue weighted by atomic mass is 16.4. The van der Waals surface area contributed by atoms with Crippen LogP contribution in [0.3, 0.4) is 0 Å². The molecule has 0 aromatic rings. The fourth-order valence-electron chi connectivity index (χ4n) is 0. The average Bonchev–Trinajstić information content (AvgIpc) is 1.38. The summed E-state index contributed by atoms with van der Waals surface area (Å²) in [6.45, 7) is 1.60. The number of carboxylic acid groups (broad SMARTS) is 1. The minimum absolute atomic E-state index is 0.222. The normalized spacial score (nSPS) is 7.40. The summed E-state index contributed by atoms with van der Waals surface area (Å²) < 4.78 is 0. The van der Waals surface area contributed by atoms with Crippen LogP contribution in [0, 0.1) is 0 Å². The predicted octanol–water partition coefficient (Wildman–Crippen LogP) is 0.481. The standard InChI is InChI=1S/C3H6O2/c1-2-3(4)5/h2H2,1H3,(H,4,5)/i1+1,2+1. The Morgan fingerprint density at radius 1 is 2.00 bits per heavy atom. The third-order valence-electron chi connectivity index (χ3n) is 0.302. The van der Waals surface area contributed by atoms with Gasteiger partial charge in [-0.25, -0.2) is 0 Å². The Hall–Kier alpha value is -0.530. The number of aliphatic carboxylic acids is 1. The van der Waals surface area contributed by atoms with Crippen molar-refractivity contribution in [3.8, 4) is 0 Å². The fraction of sp³-hybridized carbons (Fsp3) is 0.667. The summed E-state index contributed by atoms with van der Waals surface area (Å²) in [5.74, 6) is -0.745. The molecule has 0 atom stereocenters. The van der Waals surface area contributed by atoms with Crippen molar-refractivity contribution in [3.63, 3.8) is 0 Å². The molecular formula is C3H6O2. The van der Waals surface area contributed by atoms with Gasteiger partial charge >= 0.3 is 5.97 Å². The summed E-state index contributed by atoms with van der Waals surface area (Å²) >= 11 is 0. The minimum Gasteiger partial charge on any atom is -0.481 e. The van der Waals surface area contributed by atoms with Crippen molar-refractivity contribution < 1.29 is 9.90 Å². The third-order valence-corrected chi connectivity index (χ3v) is 0.302. The molecule has 5 heavy (non-hydrogen) atoms. The molecule has 0 aromatic carbocycles. The minimum atomic E-state index is -0.745. The summed E-state index contributed by atoms with van der Waals surface area (Å²) in [4.78, 5) is 9.37. The average molecular weight is 76.1 g/mol. The third kappa shape index (κ3) is 3.47. The SMILES string of the molecule is [13CH3][13CH2]C(=O)O. The van der Waals surface area contributed by atoms with Crippen LogP contribution in [0.25, 0.3) is 0 Å². The van der Waals surface area contributed by atoms with E-state index in [0.29, 0.717) is 0 Å². The first-order chi connectivity index (χ1) is 2.27. The van der Waals surface area contributed by atoms with E-state index in [1.807, 2.05) is 0 Å². The highest BCUT2D eigenvalue weighted by Crippen LogP contribution is 1.67. The second-order valence-electron chi connectivity index (χ2n) is 0.747. The fourth-order valence-corrected chi connectivity index (χ4v) is 0. The number of carboxylic acids is 1. The lowest BCUT2D eigenvalue weighted by atomic mass is 11.0. The van der Waals surface area contributed by atoms with Gasteiger partial charge in [-0.05, 0) is 0 Å². The Labute approximate surface area is 30.4 Å². The lowest BCUT2D eigenvalue weighted by Crippen LogP contribution is -1.86. The lowest BCUT2D eigenvalue weighted by molar-refractivity contribution is -0.136. The maximum Gasteiger partial charge on any atom is 0.303 e. The van der Waals surface area contributed by atoms with Crippen molar-refractivity contribution in [2.45, 2.75) is 13.3 Å². The van der Waals surface area contributed by atoms with Crippen LogP contribution in [0.4, 0.5) is 0 Å². The highest BCUT2D eigenvalue weighted by Gasteiger charge is 1.80. The van der Waals surface area contributed by atoms with E-state index < -0.39 is 5.97 Å². The van der Waals surface area contributed by atoms with Gasteiger partial charge in [0.05, 0.1) is 0 Å². The van der Waals surface area contributed by atoms with E-state index in [2.05, 4.69) is 0 Å². The molecule has 0 heterocycles. The number of rotatable bonds is 1. The molecule has 2 nitrogen and oxygen atoms in total. The molecule has 0 radical (unpaired) electrons. The zero-order valence-electron chi connectivity index (χ0n) is 3.06. The Morgan fingerprint density at radius 2 is 2.20 bits per heavy atom. The predicted molar refractivity (Wildman–Crippen MR) is 17.9 cm³/mol. The van der Waals surface area contributed by atoms with Gasteiger partial charge in [0.15, 0.2) is 0 Å². The van der Waals surface area contributed by atoms with Gasteiger partial charge in [-0.3, -0.25) is 4.79 Å². The van der Waals surface area contributed by atoms with Crippen LogP contribution in [0.1, 0.15) is 13.3 Å². The first-order valence-electron chi connectivity index (χ1n) is 1.49. The van der Waals surface area contributed by atoms with Gasteiger partial charge in [0.2, 0.25) is 0 Å². The largest absolute Gasteiger partial charge is 0.481 e. The second kappa shape index (κ2) is 1.76. The number of carbonyl (C=O) groups is 1. The quantitative estimate of drug-likeness (QED) is 0.461. The number of hydrogen-bond acceptors (Lipinski definition) is 1. The molecule has 0 aliphatic rings. The van der Waals surface area contributed by atoms with Crippen molar-refractivity contribution in [1.29, 1.82) is 0 Å².